The van der Waals surface area contributed by atoms with E-state index in [1.807, 2.05) is 6.20 Å². The van der Waals surface area contributed by atoms with Crippen LogP contribution in [0.1, 0.15) is 48.4 Å². The van der Waals surface area contributed by atoms with Crippen LogP contribution in [0.25, 0.3) is 10.9 Å². The van der Waals surface area contributed by atoms with Crippen molar-refractivity contribution < 1.29 is 0 Å². The van der Waals surface area contributed by atoms with Crippen molar-refractivity contribution in [3.63, 3.8) is 0 Å². The zero-order chi connectivity index (χ0) is 17.4. The van der Waals surface area contributed by atoms with Crippen LogP contribution in [0.5, 0.6) is 0 Å². The van der Waals surface area contributed by atoms with Gasteiger partial charge in [-0.2, -0.15) is 0 Å². The van der Waals surface area contributed by atoms with Crippen LogP contribution < -0.4 is 0 Å². The van der Waals surface area contributed by atoms with Gasteiger partial charge < -0.3 is 0 Å². The van der Waals surface area contributed by atoms with E-state index in [2.05, 4.69) is 69.3 Å². The summed E-state index contributed by atoms with van der Waals surface area (Å²) in [5.74, 6) is 0. The summed E-state index contributed by atoms with van der Waals surface area (Å²) in [6.45, 7) is 6.54. The molecule has 0 unspecified atom stereocenters. The van der Waals surface area contributed by atoms with Gasteiger partial charge in [0, 0.05) is 22.7 Å². The molecule has 1 aliphatic rings. The summed E-state index contributed by atoms with van der Waals surface area (Å²) in [7, 11) is 0. The van der Waals surface area contributed by atoms with Crippen molar-refractivity contribution in [3.8, 4) is 0 Å². The lowest BCUT2D eigenvalue weighted by molar-refractivity contribution is 0.280. The monoisotopic (exact) mass is 328 g/mol. The molecule has 1 saturated carbocycles. The predicted molar refractivity (Wildman–Crippen MR) is 106 cm³/mol. The molecule has 1 aromatic heterocycles. The molecule has 126 valence electrons. The second-order valence-corrected chi connectivity index (χ2v) is 7.50. The normalized spacial score (nSPS) is 16.7. The Balaban J connectivity index is 1.91. The van der Waals surface area contributed by atoms with Gasteiger partial charge in [-0.1, -0.05) is 42.5 Å². The number of hydrogen-bond donors (Lipinski definition) is 0. The van der Waals surface area contributed by atoms with E-state index in [1.165, 1.54) is 41.3 Å². The highest BCUT2D eigenvalue weighted by atomic mass is 14.9. The fourth-order valence-electron chi connectivity index (χ4n) is 3.63. The van der Waals surface area contributed by atoms with Gasteiger partial charge in [0.1, 0.15) is 0 Å². The Labute approximate surface area is 149 Å². The number of pyridine rings is 1. The van der Waals surface area contributed by atoms with Gasteiger partial charge >= 0.3 is 0 Å². The largest absolute Gasteiger partial charge is 0.278 e. The summed E-state index contributed by atoms with van der Waals surface area (Å²) in [5.41, 5.74) is 7.02. The van der Waals surface area contributed by atoms with Gasteiger partial charge in [-0.15, -0.1) is 0 Å². The van der Waals surface area contributed by atoms with Gasteiger partial charge in [-0.05, 0) is 57.2 Å². The van der Waals surface area contributed by atoms with Crippen molar-refractivity contribution in [1.29, 1.82) is 0 Å². The molecule has 0 atom stereocenters. The first-order valence-corrected chi connectivity index (χ1v) is 9.07. The van der Waals surface area contributed by atoms with Crippen LogP contribution in [0.2, 0.25) is 0 Å². The van der Waals surface area contributed by atoms with Crippen LogP contribution in [-0.2, 0) is 0 Å². The maximum Gasteiger partial charge on any atom is 0.0744 e. The first-order chi connectivity index (χ1) is 12.1. The van der Waals surface area contributed by atoms with Crippen LogP contribution >= 0.6 is 0 Å². The summed E-state index contributed by atoms with van der Waals surface area (Å²) in [6, 6.07) is 17.1. The predicted octanol–water partition coefficient (Wildman–Crippen LogP) is 5.63. The van der Waals surface area contributed by atoms with Crippen LogP contribution in [0.15, 0.2) is 59.7 Å². The minimum atomic E-state index is 0.0686. The van der Waals surface area contributed by atoms with E-state index < -0.39 is 0 Å². The zero-order valence-electron chi connectivity index (χ0n) is 15.2. The molecule has 0 spiro atoms. The van der Waals surface area contributed by atoms with Gasteiger partial charge in [0.2, 0.25) is 0 Å². The highest BCUT2D eigenvalue weighted by molar-refractivity contribution is 6.14. The zero-order valence-corrected chi connectivity index (χ0v) is 15.2. The Morgan fingerprint density at radius 2 is 1.76 bits per heavy atom. The average Bonchev–Trinajstić information content (AvgIpc) is 2.59. The van der Waals surface area contributed by atoms with Crippen molar-refractivity contribution in [2.75, 3.05) is 0 Å². The smallest absolute Gasteiger partial charge is 0.0744 e. The summed E-state index contributed by atoms with van der Waals surface area (Å²) in [6.07, 6.45) is 5.60. The van der Waals surface area contributed by atoms with Crippen LogP contribution in [-0.4, -0.2) is 16.2 Å². The number of para-hydroxylation sites is 1. The number of hydrogen-bond acceptors (Lipinski definition) is 2. The van der Waals surface area contributed by atoms with Gasteiger partial charge in [-0.25, -0.2) is 0 Å². The summed E-state index contributed by atoms with van der Waals surface area (Å²) < 4.78 is 0. The number of benzene rings is 2. The second kappa shape index (κ2) is 6.11. The maximum absolute atomic E-state index is 5.22. The van der Waals surface area contributed by atoms with E-state index in [0.717, 1.165) is 16.8 Å². The molecule has 3 aromatic rings. The summed E-state index contributed by atoms with van der Waals surface area (Å²) in [4.78, 5) is 9.97. The van der Waals surface area contributed by atoms with Crippen molar-refractivity contribution in [1.82, 2.24) is 4.98 Å². The Kier molecular flexibility index (Phi) is 3.91. The number of aliphatic imine (C=N–C) groups is 1. The Hall–Kier alpha value is -2.48. The van der Waals surface area contributed by atoms with E-state index in [9.17, 15) is 0 Å². The molecule has 25 heavy (non-hydrogen) atoms. The van der Waals surface area contributed by atoms with Gasteiger partial charge in [0.05, 0.1) is 16.8 Å². The molecule has 0 aliphatic heterocycles. The number of nitrogens with zero attached hydrogens (tertiary/aromatic N) is 2. The molecule has 1 aliphatic carbocycles. The lowest BCUT2D eigenvalue weighted by Crippen LogP contribution is -2.32. The Morgan fingerprint density at radius 3 is 2.48 bits per heavy atom. The third-order valence-electron chi connectivity index (χ3n) is 5.40. The minimum absolute atomic E-state index is 0.0686. The average molecular weight is 328 g/mol. The summed E-state index contributed by atoms with van der Waals surface area (Å²) in [5, 5.41) is 1.18. The highest BCUT2D eigenvalue weighted by Gasteiger charge is 2.32. The number of aromatic nitrogens is 1. The quantitative estimate of drug-likeness (QED) is 0.572. The molecule has 0 amide bonds. The number of aryl methyl sites for hydroxylation is 2. The van der Waals surface area contributed by atoms with Gasteiger partial charge in [0.15, 0.2) is 0 Å². The molecular weight excluding hydrogens is 304 g/mol. The molecule has 1 heterocycles. The third kappa shape index (κ3) is 2.97. The van der Waals surface area contributed by atoms with Crippen molar-refractivity contribution in [3.05, 3.63) is 77.0 Å². The van der Waals surface area contributed by atoms with Crippen LogP contribution in [0.4, 0.5) is 0 Å². The molecule has 0 radical (unpaired) electrons. The third-order valence-corrected chi connectivity index (χ3v) is 5.40. The molecular formula is C23H24N2. The van der Waals surface area contributed by atoms with E-state index in [4.69, 9.17) is 9.98 Å². The van der Waals surface area contributed by atoms with Crippen LogP contribution in [0.3, 0.4) is 0 Å². The van der Waals surface area contributed by atoms with Crippen molar-refractivity contribution in [2.45, 2.75) is 45.6 Å². The van der Waals surface area contributed by atoms with Gasteiger partial charge in [-0.3, -0.25) is 9.98 Å². The highest BCUT2D eigenvalue weighted by Crippen LogP contribution is 2.36. The van der Waals surface area contributed by atoms with E-state index in [-0.39, 0.29) is 5.54 Å². The molecule has 0 N–H and O–H groups in total. The van der Waals surface area contributed by atoms with Gasteiger partial charge in [0.25, 0.3) is 0 Å². The lowest BCUT2D eigenvalue weighted by atomic mass is 9.78. The molecule has 2 nitrogen and oxygen atoms in total. The standard InChI is InChI=1S/C23H24N2/c1-16-8-4-5-11-20(16)22(25-23(3)12-7-13-23)19-14-18-10-6-9-17(2)21(18)24-15-19/h4-6,8-11,14-15H,7,12-13H2,1-3H3. The maximum atomic E-state index is 5.22. The number of fused-ring (bicyclic) bond motifs is 1. The van der Waals surface area contributed by atoms with Crippen LogP contribution in [0, 0.1) is 13.8 Å². The second-order valence-electron chi connectivity index (χ2n) is 7.50. The molecule has 4 rings (SSSR count). The van der Waals surface area contributed by atoms with E-state index in [1.54, 1.807) is 0 Å². The fraction of sp³-hybridized carbons (Fsp3) is 0.304. The molecule has 0 bridgehead atoms. The van der Waals surface area contributed by atoms with Crippen molar-refractivity contribution >= 4 is 16.6 Å². The lowest BCUT2D eigenvalue weighted by Gasteiger charge is -2.35. The Bertz CT molecular complexity index is 965. The van der Waals surface area contributed by atoms with Crippen molar-refractivity contribution in [2.24, 2.45) is 4.99 Å². The minimum Gasteiger partial charge on any atom is -0.278 e. The topological polar surface area (TPSA) is 25.2 Å². The SMILES string of the molecule is Cc1ccccc1C(=NC1(C)CCC1)c1cnc2c(C)cccc2c1. The molecule has 2 aromatic carbocycles. The number of rotatable bonds is 3. The first-order valence-electron chi connectivity index (χ1n) is 9.07. The fourth-order valence-corrected chi connectivity index (χ4v) is 3.63. The van der Waals surface area contributed by atoms with E-state index >= 15 is 0 Å². The summed E-state index contributed by atoms with van der Waals surface area (Å²) >= 11 is 0. The molecule has 0 saturated heterocycles. The Morgan fingerprint density at radius 1 is 1.00 bits per heavy atom. The first kappa shape index (κ1) is 16.0. The molecule has 1 fully saturated rings. The molecule has 2 heteroatoms. The van der Waals surface area contributed by atoms with E-state index in [0.29, 0.717) is 0 Å².